The number of anilines is 2. The average molecular weight is 392 g/mol. The summed E-state index contributed by atoms with van der Waals surface area (Å²) in [4.78, 5) is 12.9. The average Bonchev–Trinajstić information content (AvgIpc) is 3.00. The molecule has 0 aliphatic rings. The maximum absolute atomic E-state index is 12.9. The van der Waals surface area contributed by atoms with Gasteiger partial charge in [0.15, 0.2) is 0 Å². The first-order chi connectivity index (χ1) is 12.3. The van der Waals surface area contributed by atoms with E-state index in [0.29, 0.717) is 22.8 Å². The lowest BCUT2D eigenvalue weighted by molar-refractivity contribution is 0.103. The summed E-state index contributed by atoms with van der Waals surface area (Å²) in [7, 11) is -3.36. The number of rotatable bonds is 5. The van der Waals surface area contributed by atoms with Crippen LogP contribution in [0.1, 0.15) is 16.6 Å². The minimum atomic E-state index is -3.36. The summed E-state index contributed by atoms with van der Waals surface area (Å²) in [6.07, 6.45) is 1.16. The molecule has 136 valence electrons. The maximum Gasteiger partial charge on any atom is 0.265 e. The maximum atomic E-state index is 12.9. The topological polar surface area (TPSA) is 66.5 Å². The van der Waals surface area contributed by atoms with Gasteiger partial charge < -0.3 is 5.32 Å². The summed E-state index contributed by atoms with van der Waals surface area (Å²) in [6.45, 7) is 2.09. The molecule has 0 unspecified atom stereocenters. The first-order valence-electron chi connectivity index (χ1n) is 7.86. The Labute approximate surface area is 155 Å². The predicted molar refractivity (Wildman–Crippen MR) is 104 cm³/mol. The van der Waals surface area contributed by atoms with Gasteiger partial charge in [0.05, 0.1) is 16.8 Å². The Morgan fingerprint density at radius 2 is 1.85 bits per heavy atom. The lowest BCUT2D eigenvalue weighted by atomic mass is 10.2. The molecular formula is C18H17FN2O3S2. The molecule has 0 bridgehead atoms. The fraction of sp³-hybridized carbons (Fsp3) is 0.167. The number of nitrogens with zero attached hydrogens (tertiary/aromatic N) is 1. The van der Waals surface area contributed by atoms with Crippen LogP contribution in [0.4, 0.5) is 15.8 Å². The van der Waals surface area contributed by atoms with E-state index < -0.39 is 10.0 Å². The fourth-order valence-electron chi connectivity index (χ4n) is 2.63. The summed E-state index contributed by atoms with van der Waals surface area (Å²) >= 11 is 1.31. The van der Waals surface area contributed by atoms with Gasteiger partial charge in [-0.15, -0.1) is 11.3 Å². The van der Waals surface area contributed by atoms with Crippen molar-refractivity contribution in [3.05, 3.63) is 59.2 Å². The first-order valence-corrected chi connectivity index (χ1v) is 10.5. The molecule has 0 saturated carbocycles. The summed E-state index contributed by atoms with van der Waals surface area (Å²) in [6, 6.07) is 12.5. The summed E-state index contributed by atoms with van der Waals surface area (Å²) < 4.78 is 38.9. The molecule has 2 aromatic carbocycles. The minimum absolute atomic E-state index is 0.296. The van der Waals surface area contributed by atoms with Crippen molar-refractivity contribution < 1.29 is 17.6 Å². The van der Waals surface area contributed by atoms with Crippen molar-refractivity contribution in [3.8, 4) is 0 Å². The van der Waals surface area contributed by atoms with Crippen molar-refractivity contribution in [2.45, 2.75) is 6.92 Å². The third kappa shape index (κ3) is 3.86. The molecule has 3 rings (SSSR count). The molecule has 0 saturated heterocycles. The molecule has 5 nitrogen and oxygen atoms in total. The van der Waals surface area contributed by atoms with Crippen LogP contribution in [0.5, 0.6) is 0 Å². The second-order valence-corrected chi connectivity index (χ2v) is 8.71. The Bertz CT molecular complexity index is 1060. The van der Waals surface area contributed by atoms with Gasteiger partial charge in [0.1, 0.15) is 5.82 Å². The van der Waals surface area contributed by atoms with Crippen LogP contribution in [0.3, 0.4) is 0 Å². The highest BCUT2D eigenvalue weighted by Crippen LogP contribution is 2.30. The highest BCUT2D eigenvalue weighted by Gasteiger charge is 2.17. The molecule has 1 amide bonds. The Morgan fingerprint density at radius 1 is 1.15 bits per heavy atom. The van der Waals surface area contributed by atoms with Gasteiger partial charge in [-0.2, -0.15) is 0 Å². The quantitative estimate of drug-likeness (QED) is 0.711. The molecule has 0 fully saturated rings. The number of fused-ring (bicyclic) bond motifs is 1. The van der Waals surface area contributed by atoms with Gasteiger partial charge >= 0.3 is 0 Å². The molecule has 8 heteroatoms. The lowest BCUT2D eigenvalue weighted by Gasteiger charge is -2.20. The zero-order chi connectivity index (χ0) is 18.9. The minimum Gasteiger partial charge on any atom is -0.321 e. The molecule has 26 heavy (non-hydrogen) atoms. The number of thiophene rings is 1. The van der Waals surface area contributed by atoms with Gasteiger partial charge in [-0.3, -0.25) is 9.10 Å². The van der Waals surface area contributed by atoms with E-state index in [1.54, 1.807) is 31.2 Å². The van der Waals surface area contributed by atoms with Gasteiger partial charge in [0.25, 0.3) is 5.91 Å². The Balaban J connectivity index is 1.89. The zero-order valence-electron chi connectivity index (χ0n) is 14.2. The van der Waals surface area contributed by atoms with E-state index in [-0.39, 0.29) is 11.7 Å². The molecule has 0 aliphatic carbocycles. The second-order valence-electron chi connectivity index (χ2n) is 5.72. The number of halogens is 1. The van der Waals surface area contributed by atoms with Crippen LogP contribution in [-0.4, -0.2) is 27.1 Å². The first kappa shape index (κ1) is 18.3. The predicted octanol–water partition coefficient (Wildman–Crippen LogP) is 4.08. The molecule has 0 atom stereocenters. The second kappa shape index (κ2) is 7.05. The van der Waals surface area contributed by atoms with Crippen molar-refractivity contribution in [2.24, 2.45) is 0 Å². The SMILES string of the molecule is CCN(c1ccc2sc(C(=O)Nc3ccc(F)cc3)cc2c1)S(C)(=O)=O. The van der Waals surface area contributed by atoms with Crippen LogP contribution in [0.2, 0.25) is 0 Å². The molecular weight excluding hydrogens is 375 g/mol. The largest absolute Gasteiger partial charge is 0.321 e. The number of hydrogen-bond acceptors (Lipinski definition) is 4. The van der Waals surface area contributed by atoms with E-state index in [0.717, 1.165) is 16.3 Å². The van der Waals surface area contributed by atoms with E-state index in [9.17, 15) is 17.6 Å². The van der Waals surface area contributed by atoms with Gasteiger partial charge in [-0.25, -0.2) is 12.8 Å². The van der Waals surface area contributed by atoms with E-state index in [4.69, 9.17) is 0 Å². The van der Waals surface area contributed by atoms with Crippen LogP contribution in [0.15, 0.2) is 48.5 Å². The lowest BCUT2D eigenvalue weighted by Crippen LogP contribution is -2.29. The number of carbonyl (C=O) groups is 1. The smallest absolute Gasteiger partial charge is 0.265 e. The third-order valence-electron chi connectivity index (χ3n) is 3.80. The molecule has 0 aliphatic heterocycles. The van der Waals surface area contributed by atoms with Gasteiger partial charge in [-0.1, -0.05) is 0 Å². The third-order valence-corrected chi connectivity index (χ3v) is 6.19. The number of benzene rings is 2. The van der Waals surface area contributed by atoms with Crippen molar-refractivity contribution in [3.63, 3.8) is 0 Å². The molecule has 1 aromatic heterocycles. The number of nitrogens with one attached hydrogen (secondary N) is 1. The van der Waals surface area contributed by atoms with Crippen molar-refractivity contribution >= 4 is 48.7 Å². The van der Waals surface area contributed by atoms with Crippen LogP contribution in [0.25, 0.3) is 10.1 Å². The Morgan fingerprint density at radius 3 is 2.46 bits per heavy atom. The van der Waals surface area contributed by atoms with Crippen LogP contribution >= 0.6 is 11.3 Å². The molecule has 1 heterocycles. The van der Waals surface area contributed by atoms with Gasteiger partial charge in [0, 0.05) is 16.9 Å². The highest BCUT2D eigenvalue weighted by atomic mass is 32.2. The number of carbonyl (C=O) groups excluding carboxylic acids is 1. The van der Waals surface area contributed by atoms with Crippen LogP contribution < -0.4 is 9.62 Å². The van der Waals surface area contributed by atoms with Crippen molar-refractivity contribution in [1.82, 2.24) is 0 Å². The van der Waals surface area contributed by atoms with E-state index in [2.05, 4.69) is 5.32 Å². The molecule has 0 spiro atoms. The van der Waals surface area contributed by atoms with E-state index in [1.807, 2.05) is 0 Å². The molecule has 1 N–H and O–H groups in total. The van der Waals surface area contributed by atoms with Crippen molar-refractivity contribution in [2.75, 3.05) is 22.4 Å². The number of sulfonamides is 1. The Kier molecular flexibility index (Phi) is 4.97. The highest BCUT2D eigenvalue weighted by molar-refractivity contribution is 7.92. The number of amides is 1. The molecule has 0 radical (unpaired) electrons. The summed E-state index contributed by atoms with van der Waals surface area (Å²) in [5.41, 5.74) is 1.06. The number of hydrogen-bond donors (Lipinski definition) is 1. The van der Waals surface area contributed by atoms with Crippen LogP contribution in [-0.2, 0) is 10.0 Å². The standard InChI is InChI=1S/C18H17FN2O3S2/c1-3-21(26(2,23)24)15-8-9-16-12(10-15)11-17(25-16)18(22)20-14-6-4-13(19)5-7-14/h4-11H,3H2,1-2H3,(H,20,22). The fourth-order valence-corrected chi connectivity index (χ4v) is 4.54. The Hall–Kier alpha value is -2.45. The molecule has 3 aromatic rings. The van der Waals surface area contributed by atoms with Gasteiger partial charge in [-0.05, 0) is 60.8 Å². The van der Waals surface area contributed by atoms with E-state index >= 15 is 0 Å². The normalized spacial score (nSPS) is 11.5. The zero-order valence-corrected chi connectivity index (χ0v) is 15.8. The van der Waals surface area contributed by atoms with Crippen molar-refractivity contribution in [1.29, 1.82) is 0 Å². The summed E-state index contributed by atoms with van der Waals surface area (Å²) in [5.74, 6) is -0.668. The summed E-state index contributed by atoms with van der Waals surface area (Å²) in [5, 5.41) is 3.51. The monoisotopic (exact) mass is 392 g/mol. The van der Waals surface area contributed by atoms with E-state index in [1.165, 1.54) is 39.9 Å². The van der Waals surface area contributed by atoms with Crippen LogP contribution in [0, 0.1) is 5.82 Å². The van der Waals surface area contributed by atoms with Gasteiger partial charge in [0.2, 0.25) is 10.0 Å².